The van der Waals surface area contributed by atoms with Gasteiger partial charge in [0.25, 0.3) is 0 Å². The Labute approximate surface area is 156 Å². The topological polar surface area (TPSA) is 44.7 Å². The fourth-order valence-corrected chi connectivity index (χ4v) is 3.26. The molecular formula is C20H29N5O. The van der Waals surface area contributed by atoms with E-state index < -0.39 is 0 Å². The summed E-state index contributed by atoms with van der Waals surface area (Å²) < 4.78 is 5.50. The van der Waals surface area contributed by atoms with Crippen molar-refractivity contribution in [2.45, 2.75) is 19.8 Å². The van der Waals surface area contributed by atoms with Crippen LogP contribution in [0.1, 0.15) is 19.8 Å². The first kappa shape index (κ1) is 18.3. The number of ether oxygens (including phenoxy) is 1. The number of anilines is 3. The average Bonchev–Trinajstić information content (AvgIpc) is 2.72. The molecule has 6 heteroatoms. The fraction of sp³-hybridized carbons (Fsp3) is 0.500. The molecule has 0 N–H and O–H groups in total. The van der Waals surface area contributed by atoms with Crippen molar-refractivity contribution in [1.29, 1.82) is 0 Å². The van der Waals surface area contributed by atoms with Crippen molar-refractivity contribution in [1.82, 2.24) is 9.97 Å². The fourth-order valence-electron chi connectivity index (χ4n) is 3.26. The number of para-hydroxylation sites is 2. The summed E-state index contributed by atoms with van der Waals surface area (Å²) in [4.78, 5) is 16.1. The highest BCUT2D eigenvalue weighted by molar-refractivity contribution is 5.59. The molecule has 1 aliphatic rings. The van der Waals surface area contributed by atoms with Gasteiger partial charge >= 0.3 is 0 Å². The van der Waals surface area contributed by atoms with Crippen molar-refractivity contribution in [3.8, 4) is 5.75 Å². The zero-order valence-electron chi connectivity index (χ0n) is 16.1. The van der Waals surface area contributed by atoms with Crippen molar-refractivity contribution in [3.05, 3.63) is 36.5 Å². The third kappa shape index (κ3) is 4.18. The Morgan fingerprint density at radius 2 is 1.81 bits per heavy atom. The number of unbranched alkanes of at least 4 members (excludes halogenated alkanes) is 1. The lowest BCUT2D eigenvalue weighted by Crippen LogP contribution is -2.47. The number of methoxy groups -OCH3 is 1. The van der Waals surface area contributed by atoms with Crippen molar-refractivity contribution >= 4 is 17.5 Å². The quantitative estimate of drug-likeness (QED) is 0.761. The SMILES string of the molecule is CCCCN(C)c1nccc(N2CCN(c3ccccc3OC)CC2)n1. The highest BCUT2D eigenvalue weighted by Gasteiger charge is 2.21. The first-order valence-electron chi connectivity index (χ1n) is 9.40. The van der Waals surface area contributed by atoms with Gasteiger partial charge in [0.2, 0.25) is 5.95 Å². The Bertz CT molecular complexity index is 700. The summed E-state index contributed by atoms with van der Waals surface area (Å²) in [6.07, 6.45) is 4.20. The predicted octanol–water partition coefficient (Wildman–Crippen LogP) is 3.05. The number of aromatic nitrogens is 2. The van der Waals surface area contributed by atoms with Gasteiger partial charge in [-0.05, 0) is 24.6 Å². The first-order chi connectivity index (χ1) is 12.7. The van der Waals surface area contributed by atoms with E-state index in [1.807, 2.05) is 24.4 Å². The van der Waals surface area contributed by atoms with E-state index in [1.165, 1.54) is 6.42 Å². The summed E-state index contributed by atoms with van der Waals surface area (Å²) in [5, 5.41) is 0. The molecule has 6 nitrogen and oxygen atoms in total. The van der Waals surface area contributed by atoms with Crippen molar-refractivity contribution in [2.24, 2.45) is 0 Å². The highest BCUT2D eigenvalue weighted by atomic mass is 16.5. The van der Waals surface area contributed by atoms with Crippen LogP contribution in [-0.2, 0) is 0 Å². The second-order valence-corrected chi connectivity index (χ2v) is 6.64. The van der Waals surface area contributed by atoms with Gasteiger partial charge in [-0.1, -0.05) is 25.5 Å². The number of hydrogen-bond donors (Lipinski definition) is 0. The largest absolute Gasteiger partial charge is 0.495 e. The molecule has 0 bridgehead atoms. The minimum Gasteiger partial charge on any atom is -0.495 e. The molecule has 0 unspecified atom stereocenters. The minimum atomic E-state index is 0.808. The molecule has 0 aliphatic carbocycles. The monoisotopic (exact) mass is 355 g/mol. The second-order valence-electron chi connectivity index (χ2n) is 6.64. The number of nitrogens with zero attached hydrogens (tertiary/aromatic N) is 5. The molecule has 1 aromatic carbocycles. The number of piperazine rings is 1. The molecular weight excluding hydrogens is 326 g/mol. The van der Waals surface area contributed by atoms with Crippen molar-refractivity contribution in [2.75, 3.05) is 61.6 Å². The van der Waals surface area contributed by atoms with Gasteiger partial charge in [-0.2, -0.15) is 4.98 Å². The van der Waals surface area contributed by atoms with Gasteiger partial charge in [0, 0.05) is 46.0 Å². The Morgan fingerprint density at radius 3 is 2.54 bits per heavy atom. The lowest BCUT2D eigenvalue weighted by Gasteiger charge is -2.37. The molecule has 140 valence electrons. The maximum atomic E-state index is 5.50. The van der Waals surface area contributed by atoms with Gasteiger partial charge in [0.15, 0.2) is 0 Å². The lowest BCUT2D eigenvalue weighted by molar-refractivity contribution is 0.413. The molecule has 1 fully saturated rings. The molecule has 0 radical (unpaired) electrons. The van der Waals surface area contributed by atoms with Gasteiger partial charge in [0.05, 0.1) is 12.8 Å². The third-order valence-electron chi connectivity index (χ3n) is 4.85. The Balaban J connectivity index is 1.65. The van der Waals surface area contributed by atoms with Crippen LogP contribution >= 0.6 is 0 Å². The summed E-state index contributed by atoms with van der Waals surface area (Å²) in [5.41, 5.74) is 1.16. The smallest absolute Gasteiger partial charge is 0.226 e. The third-order valence-corrected chi connectivity index (χ3v) is 4.85. The van der Waals surface area contributed by atoms with Crippen LogP contribution in [0.15, 0.2) is 36.5 Å². The molecule has 1 saturated heterocycles. The van der Waals surface area contributed by atoms with E-state index in [4.69, 9.17) is 9.72 Å². The highest BCUT2D eigenvalue weighted by Crippen LogP contribution is 2.29. The molecule has 0 spiro atoms. The van der Waals surface area contributed by atoms with E-state index in [0.717, 1.165) is 62.3 Å². The van der Waals surface area contributed by atoms with Crippen LogP contribution in [0.25, 0.3) is 0 Å². The Hall–Kier alpha value is -2.50. The van der Waals surface area contributed by atoms with Gasteiger partial charge in [-0.3, -0.25) is 0 Å². The maximum absolute atomic E-state index is 5.50. The van der Waals surface area contributed by atoms with E-state index in [2.05, 4.69) is 45.8 Å². The normalized spacial score (nSPS) is 14.4. The first-order valence-corrected chi connectivity index (χ1v) is 9.40. The summed E-state index contributed by atoms with van der Waals surface area (Å²) in [7, 11) is 3.79. The molecule has 3 rings (SSSR count). The second kappa shape index (κ2) is 8.74. The van der Waals surface area contributed by atoms with Crippen LogP contribution in [0.2, 0.25) is 0 Å². The lowest BCUT2D eigenvalue weighted by atomic mass is 10.2. The molecule has 0 amide bonds. The van der Waals surface area contributed by atoms with Crippen molar-refractivity contribution < 1.29 is 4.74 Å². The molecule has 2 aromatic rings. The molecule has 1 aromatic heterocycles. The minimum absolute atomic E-state index is 0.808. The number of rotatable bonds is 7. The van der Waals surface area contributed by atoms with Gasteiger partial charge in [-0.15, -0.1) is 0 Å². The van der Waals surface area contributed by atoms with E-state index in [1.54, 1.807) is 7.11 Å². The van der Waals surface area contributed by atoms with Crippen LogP contribution in [-0.4, -0.2) is 56.8 Å². The Morgan fingerprint density at radius 1 is 1.08 bits per heavy atom. The summed E-state index contributed by atoms with van der Waals surface area (Å²) in [5.74, 6) is 2.75. The Kier molecular flexibility index (Phi) is 6.15. The van der Waals surface area contributed by atoms with Gasteiger partial charge in [-0.25, -0.2) is 4.98 Å². The van der Waals surface area contributed by atoms with E-state index in [-0.39, 0.29) is 0 Å². The number of hydrogen-bond acceptors (Lipinski definition) is 6. The molecule has 26 heavy (non-hydrogen) atoms. The predicted molar refractivity (Wildman–Crippen MR) is 108 cm³/mol. The average molecular weight is 355 g/mol. The van der Waals surface area contributed by atoms with E-state index in [0.29, 0.717) is 0 Å². The summed E-state index contributed by atoms with van der Waals surface area (Å²) in [6.45, 7) is 6.96. The van der Waals surface area contributed by atoms with E-state index >= 15 is 0 Å². The zero-order chi connectivity index (χ0) is 18.4. The molecule has 0 atom stereocenters. The number of benzene rings is 1. The van der Waals surface area contributed by atoms with E-state index in [9.17, 15) is 0 Å². The van der Waals surface area contributed by atoms with Gasteiger partial charge in [0.1, 0.15) is 11.6 Å². The standard InChI is InChI=1S/C20H29N5O/c1-4-5-12-23(2)20-21-11-10-19(22-20)25-15-13-24(14-16-25)17-8-6-7-9-18(17)26-3/h6-11H,4-5,12-16H2,1-3H3. The summed E-state index contributed by atoms with van der Waals surface area (Å²) >= 11 is 0. The molecule has 1 aliphatic heterocycles. The van der Waals surface area contributed by atoms with Crippen molar-refractivity contribution in [3.63, 3.8) is 0 Å². The van der Waals surface area contributed by atoms with Crippen LogP contribution in [0.3, 0.4) is 0 Å². The van der Waals surface area contributed by atoms with Crippen LogP contribution < -0.4 is 19.4 Å². The zero-order valence-corrected chi connectivity index (χ0v) is 16.1. The maximum Gasteiger partial charge on any atom is 0.226 e. The van der Waals surface area contributed by atoms with Crippen LogP contribution in [0.4, 0.5) is 17.5 Å². The van der Waals surface area contributed by atoms with Gasteiger partial charge < -0.3 is 19.4 Å². The van der Waals surface area contributed by atoms with Crippen LogP contribution in [0.5, 0.6) is 5.75 Å². The molecule has 2 heterocycles. The summed E-state index contributed by atoms with van der Waals surface area (Å²) in [6, 6.07) is 10.2. The molecule has 0 saturated carbocycles. The van der Waals surface area contributed by atoms with Crippen LogP contribution in [0, 0.1) is 0 Å².